The molecule has 0 spiro atoms. The second-order valence-electron chi connectivity index (χ2n) is 5.95. The van der Waals surface area contributed by atoms with E-state index < -0.39 is 0 Å². The number of aliphatic imine (C=N–C) groups is 1. The van der Waals surface area contributed by atoms with E-state index in [0.29, 0.717) is 44.2 Å². The Morgan fingerprint density at radius 1 is 1.04 bits per heavy atom. The molecule has 0 saturated carbocycles. The first kappa shape index (κ1) is 24.2. The number of methoxy groups -OCH3 is 1. The number of hydrogen-bond donors (Lipinski definition) is 2. The highest BCUT2D eigenvalue weighted by Gasteiger charge is 2.02. The van der Waals surface area contributed by atoms with Gasteiger partial charge in [-0.1, -0.05) is 30.3 Å². The smallest absolute Gasteiger partial charge is 0.191 e. The van der Waals surface area contributed by atoms with Crippen LogP contribution in [0.15, 0.2) is 53.5 Å². The average Bonchev–Trinajstić information content (AvgIpc) is 2.69. The van der Waals surface area contributed by atoms with E-state index in [1.807, 2.05) is 37.3 Å². The Labute approximate surface area is 183 Å². The van der Waals surface area contributed by atoms with Crippen molar-refractivity contribution in [2.24, 2.45) is 4.99 Å². The van der Waals surface area contributed by atoms with Gasteiger partial charge in [-0.25, -0.2) is 9.38 Å². The molecule has 5 nitrogen and oxygen atoms in total. The third kappa shape index (κ3) is 8.88. The zero-order chi connectivity index (χ0) is 19.3. The molecule has 28 heavy (non-hydrogen) atoms. The number of halogens is 2. The van der Waals surface area contributed by atoms with E-state index in [2.05, 4.69) is 15.6 Å². The molecule has 154 valence electrons. The Hall–Kier alpha value is -1.87. The lowest BCUT2D eigenvalue weighted by molar-refractivity contribution is 0.146. The molecule has 2 N–H and O–H groups in total. The molecule has 0 bridgehead atoms. The van der Waals surface area contributed by atoms with E-state index in [-0.39, 0.29) is 29.8 Å². The number of hydrogen-bond acceptors (Lipinski definition) is 3. The van der Waals surface area contributed by atoms with Crippen LogP contribution in [-0.2, 0) is 17.7 Å². The van der Waals surface area contributed by atoms with Gasteiger partial charge in [0.1, 0.15) is 18.2 Å². The van der Waals surface area contributed by atoms with Gasteiger partial charge in [0.15, 0.2) is 5.96 Å². The maximum Gasteiger partial charge on any atom is 0.191 e. The number of guanidine groups is 1. The van der Waals surface area contributed by atoms with Crippen LogP contribution in [0.3, 0.4) is 0 Å². The minimum absolute atomic E-state index is 0. The first-order valence-electron chi connectivity index (χ1n) is 9.19. The number of benzene rings is 2. The van der Waals surface area contributed by atoms with E-state index in [0.717, 1.165) is 17.9 Å². The first-order valence-corrected chi connectivity index (χ1v) is 9.19. The molecule has 0 atom stereocenters. The molecule has 7 heteroatoms. The Balaban J connectivity index is 0.00000392. The van der Waals surface area contributed by atoms with Crippen molar-refractivity contribution >= 4 is 29.9 Å². The molecule has 0 unspecified atom stereocenters. The lowest BCUT2D eigenvalue weighted by Gasteiger charge is -2.12. The minimum atomic E-state index is -0.172. The van der Waals surface area contributed by atoms with Gasteiger partial charge in [0, 0.05) is 20.2 Å². The zero-order valence-electron chi connectivity index (χ0n) is 16.4. The lowest BCUT2D eigenvalue weighted by Crippen LogP contribution is -2.38. The predicted octanol–water partition coefficient (Wildman–Crippen LogP) is 3.77. The van der Waals surface area contributed by atoms with E-state index in [1.165, 1.54) is 6.07 Å². The monoisotopic (exact) mass is 501 g/mol. The Kier molecular flexibility index (Phi) is 12.2. The van der Waals surface area contributed by atoms with Crippen molar-refractivity contribution in [2.45, 2.75) is 19.9 Å². The maximum atomic E-state index is 13.7. The van der Waals surface area contributed by atoms with E-state index in [9.17, 15) is 4.39 Å². The summed E-state index contributed by atoms with van der Waals surface area (Å²) in [5, 5.41) is 6.45. The SMILES string of the molecule is CCNC(=NCc1ccc(OCCOC)cc1)NCCc1ccccc1F.I. The first-order chi connectivity index (χ1) is 13.2. The molecule has 2 aromatic carbocycles. The summed E-state index contributed by atoms with van der Waals surface area (Å²) in [7, 11) is 1.65. The Morgan fingerprint density at radius 3 is 2.46 bits per heavy atom. The van der Waals surface area contributed by atoms with Gasteiger partial charge in [0.05, 0.1) is 13.2 Å². The highest BCUT2D eigenvalue weighted by atomic mass is 127. The van der Waals surface area contributed by atoms with Crippen molar-refractivity contribution in [2.75, 3.05) is 33.4 Å². The molecular weight excluding hydrogens is 472 g/mol. The summed E-state index contributed by atoms with van der Waals surface area (Å²) in [6.45, 7) is 5.03. The normalized spacial score (nSPS) is 10.9. The summed E-state index contributed by atoms with van der Waals surface area (Å²) in [5.74, 6) is 1.36. The molecule has 0 aliphatic rings. The third-order valence-corrected chi connectivity index (χ3v) is 3.89. The second kappa shape index (κ2) is 14.2. The van der Waals surface area contributed by atoms with E-state index in [1.54, 1.807) is 19.2 Å². The molecule has 2 aromatic rings. The van der Waals surface area contributed by atoms with Crippen molar-refractivity contribution in [1.29, 1.82) is 0 Å². The van der Waals surface area contributed by atoms with Crippen LogP contribution >= 0.6 is 24.0 Å². The van der Waals surface area contributed by atoms with Gasteiger partial charge in [0.2, 0.25) is 0 Å². The third-order valence-electron chi connectivity index (χ3n) is 3.89. The minimum Gasteiger partial charge on any atom is -0.491 e. The fourth-order valence-corrected chi connectivity index (χ4v) is 2.46. The predicted molar refractivity (Wildman–Crippen MR) is 122 cm³/mol. The summed E-state index contributed by atoms with van der Waals surface area (Å²) in [6.07, 6.45) is 0.602. The maximum absolute atomic E-state index is 13.7. The zero-order valence-corrected chi connectivity index (χ0v) is 18.7. The molecule has 0 amide bonds. The molecule has 2 rings (SSSR count). The molecule has 0 radical (unpaired) electrons. The molecular formula is C21H29FIN3O2. The van der Waals surface area contributed by atoms with Crippen LogP contribution in [-0.4, -0.2) is 39.4 Å². The van der Waals surface area contributed by atoms with Gasteiger partial charge in [0.25, 0.3) is 0 Å². The second-order valence-corrected chi connectivity index (χ2v) is 5.95. The van der Waals surface area contributed by atoms with Crippen LogP contribution < -0.4 is 15.4 Å². The van der Waals surface area contributed by atoms with Gasteiger partial charge < -0.3 is 20.1 Å². The van der Waals surface area contributed by atoms with Crippen molar-refractivity contribution in [1.82, 2.24) is 10.6 Å². The van der Waals surface area contributed by atoms with Crippen molar-refractivity contribution in [3.05, 3.63) is 65.5 Å². The van der Waals surface area contributed by atoms with Crippen molar-refractivity contribution in [3.63, 3.8) is 0 Å². The van der Waals surface area contributed by atoms with Crippen LogP contribution in [0.25, 0.3) is 0 Å². The summed E-state index contributed by atoms with van der Waals surface area (Å²) >= 11 is 0. The topological polar surface area (TPSA) is 54.9 Å². The van der Waals surface area contributed by atoms with E-state index >= 15 is 0 Å². The highest BCUT2D eigenvalue weighted by molar-refractivity contribution is 14.0. The molecule has 0 saturated heterocycles. The quantitative estimate of drug-likeness (QED) is 0.225. The molecule has 0 aromatic heterocycles. The average molecular weight is 501 g/mol. The van der Waals surface area contributed by atoms with Crippen LogP contribution in [0.4, 0.5) is 4.39 Å². The Morgan fingerprint density at radius 2 is 1.79 bits per heavy atom. The van der Waals surface area contributed by atoms with Crippen LogP contribution in [0.5, 0.6) is 5.75 Å². The lowest BCUT2D eigenvalue weighted by atomic mass is 10.1. The van der Waals surface area contributed by atoms with Crippen molar-refractivity contribution in [3.8, 4) is 5.75 Å². The fraction of sp³-hybridized carbons (Fsp3) is 0.381. The van der Waals surface area contributed by atoms with Crippen molar-refractivity contribution < 1.29 is 13.9 Å². The summed E-state index contributed by atoms with van der Waals surface area (Å²) in [6, 6.07) is 14.7. The summed E-state index contributed by atoms with van der Waals surface area (Å²) in [4.78, 5) is 4.58. The summed E-state index contributed by atoms with van der Waals surface area (Å²) in [5.41, 5.74) is 1.78. The van der Waals surface area contributed by atoms with Gasteiger partial charge >= 0.3 is 0 Å². The molecule has 0 heterocycles. The summed E-state index contributed by atoms with van der Waals surface area (Å²) < 4.78 is 24.2. The van der Waals surface area contributed by atoms with E-state index in [4.69, 9.17) is 9.47 Å². The number of nitrogens with zero attached hydrogens (tertiary/aromatic N) is 1. The number of rotatable bonds is 10. The highest BCUT2D eigenvalue weighted by Crippen LogP contribution is 2.12. The van der Waals surface area contributed by atoms with Crippen LogP contribution in [0.1, 0.15) is 18.1 Å². The van der Waals surface area contributed by atoms with Gasteiger partial charge in [-0.15, -0.1) is 24.0 Å². The van der Waals surface area contributed by atoms with Gasteiger partial charge in [-0.05, 0) is 42.7 Å². The van der Waals surface area contributed by atoms with Gasteiger partial charge in [-0.2, -0.15) is 0 Å². The fourth-order valence-electron chi connectivity index (χ4n) is 2.46. The molecule has 0 fully saturated rings. The largest absolute Gasteiger partial charge is 0.491 e. The van der Waals surface area contributed by atoms with Crippen LogP contribution in [0.2, 0.25) is 0 Å². The molecule has 0 aliphatic carbocycles. The number of nitrogens with one attached hydrogen (secondary N) is 2. The van der Waals surface area contributed by atoms with Gasteiger partial charge in [-0.3, -0.25) is 0 Å². The number of ether oxygens (including phenoxy) is 2. The van der Waals surface area contributed by atoms with Crippen LogP contribution in [0, 0.1) is 5.82 Å². The Bertz CT molecular complexity index is 711. The molecule has 0 aliphatic heterocycles. The standard InChI is InChI=1S/C21H28FN3O2.HI/c1-3-23-21(24-13-12-18-6-4-5-7-20(18)22)25-16-17-8-10-19(11-9-17)27-15-14-26-2;/h4-11H,3,12-16H2,1-2H3,(H2,23,24,25);1H.